The van der Waals surface area contributed by atoms with Crippen molar-refractivity contribution in [3.63, 3.8) is 0 Å². The molecule has 0 saturated heterocycles. The van der Waals surface area contributed by atoms with Crippen LogP contribution in [0.25, 0.3) is 40.9 Å². The molecule has 2 unspecified atom stereocenters. The Morgan fingerprint density at radius 2 is 1.16 bits per heavy atom. The summed E-state index contributed by atoms with van der Waals surface area (Å²) in [6, 6.07) is 4.83. The molecule has 4 nitrogen and oxygen atoms in total. The summed E-state index contributed by atoms with van der Waals surface area (Å²) in [5.74, 6) is 0. The topological polar surface area (TPSA) is 44.0 Å². The van der Waals surface area contributed by atoms with Gasteiger partial charge in [-0.15, -0.1) is 34.0 Å². The molecule has 0 radical (unpaired) electrons. The zero-order valence-electron chi connectivity index (χ0n) is 18.2. The molecule has 0 saturated carbocycles. The number of carbonyl (C=O) groups is 2. The van der Waals surface area contributed by atoms with E-state index in [2.05, 4.69) is 49.0 Å². The highest BCUT2D eigenvalue weighted by molar-refractivity contribution is 7.34. The molecule has 2 atom stereocenters. The molecule has 31 heavy (non-hydrogen) atoms. The highest BCUT2D eigenvalue weighted by atomic mass is 32.1. The molecule has 0 spiro atoms. The van der Waals surface area contributed by atoms with Gasteiger partial charge < -0.3 is 9.13 Å². The van der Waals surface area contributed by atoms with Crippen LogP contribution in [0.4, 0.5) is 0 Å². The van der Waals surface area contributed by atoms with E-state index in [0.29, 0.717) is 12.1 Å². The maximum atomic E-state index is 11.5. The number of thiophene rings is 3. The molecule has 0 aliphatic heterocycles. The smallest absolute Gasteiger partial charge is 0.160 e. The van der Waals surface area contributed by atoms with Crippen molar-refractivity contribution in [2.75, 3.05) is 0 Å². The summed E-state index contributed by atoms with van der Waals surface area (Å²) >= 11 is 5.03. The Labute approximate surface area is 193 Å². The average Bonchev–Trinajstić information content (AvgIpc) is 3.50. The highest BCUT2D eigenvalue weighted by Crippen LogP contribution is 2.50. The summed E-state index contributed by atoms with van der Waals surface area (Å²) in [4.78, 5) is 24.6. The number of aromatic nitrogens is 2. The first-order valence-corrected chi connectivity index (χ1v) is 13.4. The summed E-state index contributed by atoms with van der Waals surface area (Å²) in [6.07, 6.45) is 6.36. The molecule has 0 aliphatic carbocycles. The SMILES string of the molecule is CCCC(C)n1c2cc(C=O)sc2c2sc3c4sc(C=O)cc4n(C(C)CCC)c3c21. The number of aldehydes is 2. The molecule has 0 fully saturated rings. The fourth-order valence-electron chi connectivity index (χ4n) is 5.02. The van der Waals surface area contributed by atoms with Crippen molar-refractivity contribution in [2.24, 2.45) is 0 Å². The lowest BCUT2D eigenvalue weighted by Crippen LogP contribution is -2.07. The molecule has 5 heterocycles. The van der Waals surface area contributed by atoms with E-state index in [9.17, 15) is 9.59 Å². The molecular weight excluding hydrogens is 444 g/mol. The van der Waals surface area contributed by atoms with Gasteiger partial charge in [-0.05, 0) is 38.8 Å². The van der Waals surface area contributed by atoms with Gasteiger partial charge in [0.2, 0.25) is 0 Å². The number of hydrogen-bond acceptors (Lipinski definition) is 5. The van der Waals surface area contributed by atoms with Crippen molar-refractivity contribution < 1.29 is 9.59 Å². The highest BCUT2D eigenvalue weighted by Gasteiger charge is 2.28. The lowest BCUT2D eigenvalue weighted by atomic mass is 10.2. The Hall–Kier alpha value is -1.96. The predicted octanol–water partition coefficient (Wildman–Crippen LogP) is 8.43. The van der Waals surface area contributed by atoms with Gasteiger partial charge in [0, 0.05) is 12.1 Å². The third-order valence-corrected chi connectivity index (χ3v) is 9.86. The van der Waals surface area contributed by atoms with E-state index in [-0.39, 0.29) is 0 Å². The molecule has 7 heteroatoms. The van der Waals surface area contributed by atoms with Crippen molar-refractivity contribution in [3.8, 4) is 0 Å². The maximum absolute atomic E-state index is 11.5. The van der Waals surface area contributed by atoms with Crippen LogP contribution in [0.2, 0.25) is 0 Å². The molecule has 5 aromatic rings. The molecule has 5 aromatic heterocycles. The Morgan fingerprint density at radius 3 is 1.52 bits per heavy atom. The first-order chi connectivity index (χ1) is 15.0. The Balaban J connectivity index is 1.96. The van der Waals surface area contributed by atoms with E-state index in [0.717, 1.165) is 48.0 Å². The van der Waals surface area contributed by atoms with Gasteiger partial charge in [-0.1, -0.05) is 26.7 Å². The second-order valence-electron chi connectivity index (χ2n) is 8.43. The minimum absolute atomic E-state index is 0.352. The lowest BCUT2D eigenvalue weighted by molar-refractivity contribution is 0.111. The van der Waals surface area contributed by atoms with Gasteiger partial charge in [-0.2, -0.15) is 0 Å². The minimum Gasteiger partial charge on any atom is -0.334 e. The standard InChI is InChI=1S/C24H26N2O2S3/c1-5-7-13(3)25-17-9-15(11-27)29-21(17)23-19(25)20-24(31-23)22-18(10-16(12-28)30-22)26(20)14(4)8-6-2/h9-14H,5-8H2,1-4H3. The monoisotopic (exact) mass is 470 g/mol. The van der Waals surface area contributed by atoms with E-state index < -0.39 is 0 Å². The second kappa shape index (κ2) is 7.87. The normalized spacial score (nSPS) is 14.3. The van der Waals surface area contributed by atoms with E-state index in [1.165, 1.54) is 40.9 Å². The van der Waals surface area contributed by atoms with Crippen LogP contribution in [0.15, 0.2) is 12.1 Å². The van der Waals surface area contributed by atoms with E-state index in [1.54, 1.807) is 22.7 Å². The second-order valence-corrected chi connectivity index (χ2v) is 11.6. The van der Waals surface area contributed by atoms with Crippen LogP contribution < -0.4 is 0 Å². The molecule has 0 bridgehead atoms. The van der Waals surface area contributed by atoms with Gasteiger partial charge in [0.1, 0.15) is 0 Å². The van der Waals surface area contributed by atoms with E-state index >= 15 is 0 Å². The van der Waals surface area contributed by atoms with Crippen molar-refractivity contribution in [1.29, 1.82) is 0 Å². The largest absolute Gasteiger partial charge is 0.334 e. The number of nitrogens with zero attached hydrogens (tertiary/aromatic N) is 2. The van der Waals surface area contributed by atoms with Gasteiger partial charge in [0.25, 0.3) is 0 Å². The summed E-state index contributed by atoms with van der Waals surface area (Å²) in [5, 5.41) is 0. The summed E-state index contributed by atoms with van der Waals surface area (Å²) in [5.41, 5.74) is 4.98. The number of rotatable bonds is 8. The Kier molecular flexibility index (Phi) is 5.31. The first-order valence-electron chi connectivity index (χ1n) is 11.0. The number of hydrogen-bond donors (Lipinski definition) is 0. The first kappa shape index (κ1) is 20.9. The fraction of sp³-hybridized carbons (Fsp3) is 0.417. The lowest BCUT2D eigenvalue weighted by Gasteiger charge is -2.18. The van der Waals surface area contributed by atoms with Crippen molar-refractivity contribution in [3.05, 3.63) is 21.9 Å². The third kappa shape index (κ3) is 2.97. The molecule has 0 N–H and O–H groups in total. The van der Waals surface area contributed by atoms with E-state index in [4.69, 9.17) is 0 Å². The molecule has 0 aromatic carbocycles. The minimum atomic E-state index is 0.352. The van der Waals surface area contributed by atoms with Crippen LogP contribution in [0.1, 0.15) is 84.8 Å². The molecule has 5 rings (SSSR count). The van der Waals surface area contributed by atoms with Gasteiger partial charge in [-0.3, -0.25) is 9.59 Å². The fourth-order valence-corrected chi connectivity index (χ4v) is 8.51. The van der Waals surface area contributed by atoms with Crippen molar-refractivity contribution in [2.45, 2.75) is 65.5 Å². The van der Waals surface area contributed by atoms with Crippen LogP contribution in [0.3, 0.4) is 0 Å². The molecule has 0 aliphatic rings. The summed E-state index contributed by atoms with van der Waals surface area (Å²) in [6.45, 7) is 9.04. The zero-order valence-corrected chi connectivity index (χ0v) is 20.7. The predicted molar refractivity (Wildman–Crippen MR) is 136 cm³/mol. The van der Waals surface area contributed by atoms with Crippen LogP contribution in [-0.4, -0.2) is 21.7 Å². The molecular formula is C24H26N2O2S3. The van der Waals surface area contributed by atoms with Gasteiger partial charge in [0.05, 0.1) is 50.6 Å². The number of fused-ring (bicyclic) bond motifs is 7. The zero-order chi connectivity index (χ0) is 21.9. The summed E-state index contributed by atoms with van der Waals surface area (Å²) in [7, 11) is 0. The van der Waals surface area contributed by atoms with Crippen LogP contribution in [0, 0.1) is 0 Å². The average molecular weight is 471 g/mol. The van der Waals surface area contributed by atoms with E-state index in [1.807, 2.05) is 11.3 Å². The van der Waals surface area contributed by atoms with Crippen molar-refractivity contribution >= 4 is 87.4 Å². The van der Waals surface area contributed by atoms with Crippen molar-refractivity contribution in [1.82, 2.24) is 9.13 Å². The van der Waals surface area contributed by atoms with Gasteiger partial charge >= 0.3 is 0 Å². The van der Waals surface area contributed by atoms with Gasteiger partial charge in [-0.25, -0.2) is 0 Å². The van der Waals surface area contributed by atoms with Crippen LogP contribution in [0.5, 0.6) is 0 Å². The maximum Gasteiger partial charge on any atom is 0.160 e. The van der Waals surface area contributed by atoms with Gasteiger partial charge in [0.15, 0.2) is 12.6 Å². The molecule has 0 amide bonds. The third-order valence-electron chi connectivity index (χ3n) is 6.26. The van der Waals surface area contributed by atoms with Crippen LogP contribution in [-0.2, 0) is 0 Å². The quantitative estimate of drug-likeness (QED) is 0.214. The molecule has 162 valence electrons. The van der Waals surface area contributed by atoms with Crippen LogP contribution >= 0.6 is 34.0 Å². The Bertz CT molecular complexity index is 1330. The Morgan fingerprint density at radius 1 is 0.742 bits per heavy atom. The summed E-state index contributed by atoms with van der Waals surface area (Å²) < 4.78 is 9.96. The number of carbonyl (C=O) groups excluding carboxylic acids is 2.